The van der Waals surface area contributed by atoms with Crippen molar-refractivity contribution < 1.29 is 14.3 Å². The van der Waals surface area contributed by atoms with Gasteiger partial charge in [-0.1, -0.05) is 6.07 Å². The van der Waals surface area contributed by atoms with Crippen LogP contribution in [0.1, 0.15) is 42.0 Å². The molecule has 26 heavy (non-hydrogen) atoms. The average molecular weight is 386 g/mol. The molecule has 0 spiro atoms. The lowest BCUT2D eigenvalue weighted by Gasteiger charge is -2.35. The Morgan fingerprint density at radius 3 is 2.77 bits per heavy atom. The number of nitrogens with zero attached hydrogens (tertiary/aromatic N) is 1. The Morgan fingerprint density at radius 2 is 2.12 bits per heavy atom. The standard InChI is InChI=1S/C20H19NO3S2/c1-11-17(20(23)24-2)18(12-5-7-25-10-12)19-14(21-11)8-13(9-15(19)22)16-4-3-6-26-16/h3-7,10,13,17-18H,8-9H2,1-2H3. The fourth-order valence-corrected chi connectivity index (χ4v) is 5.56. The van der Waals surface area contributed by atoms with Crippen LogP contribution >= 0.6 is 22.7 Å². The van der Waals surface area contributed by atoms with E-state index in [2.05, 4.69) is 6.07 Å². The van der Waals surface area contributed by atoms with Crippen molar-refractivity contribution in [3.05, 3.63) is 56.1 Å². The lowest BCUT2D eigenvalue weighted by atomic mass is 9.70. The summed E-state index contributed by atoms with van der Waals surface area (Å²) in [5.74, 6) is -0.877. The lowest BCUT2D eigenvalue weighted by Crippen LogP contribution is -2.37. The number of Topliss-reactive ketones (excluding diaryl/α,β-unsaturated/α-hetero) is 1. The molecule has 3 heterocycles. The van der Waals surface area contributed by atoms with E-state index < -0.39 is 5.92 Å². The molecule has 0 saturated heterocycles. The highest BCUT2D eigenvalue weighted by molar-refractivity contribution is 7.10. The van der Waals surface area contributed by atoms with E-state index in [0.29, 0.717) is 12.0 Å². The van der Waals surface area contributed by atoms with Crippen molar-refractivity contribution in [2.24, 2.45) is 10.9 Å². The van der Waals surface area contributed by atoms with Gasteiger partial charge in [0.25, 0.3) is 0 Å². The van der Waals surface area contributed by atoms with Crippen molar-refractivity contribution in [1.29, 1.82) is 0 Å². The van der Waals surface area contributed by atoms with Gasteiger partial charge in [-0.15, -0.1) is 11.3 Å². The van der Waals surface area contributed by atoms with E-state index in [1.54, 1.807) is 22.7 Å². The molecule has 2 aliphatic rings. The Morgan fingerprint density at radius 1 is 1.27 bits per heavy atom. The average Bonchev–Trinajstić information content (AvgIpc) is 3.33. The fraction of sp³-hybridized carbons (Fsp3) is 0.350. The monoisotopic (exact) mass is 385 g/mol. The quantitative estimate of drug-likeness (QED) is 0.728. The predicted molar refractivity (Wildman–Crippen MR) is 104 cm³/mol. The Kier molecular flexibility index (Phi) is 4.63. The van der Waals surface area contributed by atoms with E-state index in [9.17, 15) is 9.59 Å². The summed E-state index contributed by atoms with van der Waals surface area (Å²) in [6, 6.07) is 6.10. The third-order valence-electron chi connectivity index (χ3n) is 5.19. The Bertz CT molecular complexity index is 894. The first kappa shape index (κ1) is 17.4. The summed E-state index contributed by atoms with van der Waals surface area (Å²) < 4.78 is 5.03. The first-order valence-electron chi connectivity index (χ1n) is 8.55. The molecule has 2 aromatic heterocycles. The number of carbonyl (C=O) groups excluding carboxylic acids is 2. The van der Waals surface area contributed by atoms with Crippen LogP contribution < -0.4 is 0 Å². The molecule has 2 aromatic rings. The van der Waals surface area contributed by atoms with Crippen molar-refractivity contribution in [2.45, 2.75) is 31.6 Å². The van der Waals surface area contributed by atoms with Gasteiger partial charge in [-0.05, 0) is 47.2 Å². The summed E-state index contributed by atoms with van der Waals surface area (Å²) in [4.78, 5) is 31.5. The Balaban J connectivity index is 1.80. The summed E-state index contributed by atoms with van der Waals surface area (Å²) in [7, 11) is 1.39. The van der Waals surface area contributed by atoms with Crippen LogP contribution in [0.25, 0.3) is 0 Å². The van der Waals surface area contributed by atoms with Crippen molar-refractivity contribution in [1.82, 2.24) is 0 Å². The second-order valence-corrected chi connectivity index (χ2v) is 8.45. The van der Waals surface area contributed by atoms with Crippen molar-refractivity contribution in [3.63, 3.8) is 0 Å². The molecule has 6 heteroatoms. The molecule has 3 atom stereocenters. The number of esters is 1. The van der Waals surface area contributed by atoms with Crippen molar-refractivity contribution in [3.8, 4) is 0 Å². The normalized spacial score (nSPS) is 25.7. The van der Waals surface area contributed by atoms with E-state index in [1.165, 1.54) is 12.0 Å². The zero-order valence-electron chi connectivity index (χ0n) is 14.6. The number of hydrogen-bond acceptors (Lipinski definition) is 6. The van der Waals surface area contributed by atoms with Gasteiger partial charge in [0.05, 0.1) is 7.11 Å². The predicted octanol–water partition coefficient (Wildman–Crippen LogP) is 4.56. The Hall–Kier alpha value is -2.05. The van der Waals surface area contributed by atoms with Crippen LogP contribution in [-0.4, -0.2) is 24.6 Å². The number of hydrogen-bond donors (Lipinski definition) is 0. The highest BCUT2D eigenvalue weighted by Gasteiger charge is 2.44. The number of rotatable bonds is 3. The number of methoxy groups -OCH3 is 1. The number of carbonyl (C=O) groups is 2. The van der Waals surface area contributed by atoms with Crippen LogP contribution in [0.4, 0.5) is 0 Å². The van der Waals surface area contributed by atoms with Gasteiger partial charge in [0.2, 0.25) is 0 Å². The Labute approximate surface area is 160 Å². The van der Waals surface area contributed by atoms with Gasteiger partial charge in [-0.2, -0.15) is 11.3 Å². The molecule has 0 aromatic carbocycles. The van der Waals surface area contributed by atoms with E-state index in [4.69, 9.17) is 9.73 Å². The lowest BCUT2D eigenvalue weighted by molar-refractivity contribution is -0.143. The molecule has 1 aliphatic heterocycles. The van der Waals surface area contributed by atoms with Gasteiger partial charge in [-0.25, -0.2) is 0 Å². The highest BCUT2D eigenvalue weighted by Crippen LogP contribution is 2.47. The van der Waals surface area contributed by atoms with E-state index >= 15 is 0 Å². The van der Waals surface area contributed by atoms with Crippen LogP contribution in [0.5, 0.6) is 0 Å². The molecule has 0 N–H and O–H groups in total. The molecule has 134 valence electrons. The van der Waals surface area contributed by atoms with Gasteiger partial charge >= 0.3 is 5.97 Å². The number of allylic oxidation sites excluding steroid dienone is 2. The zero-order valence-corrected chi connectivity index (χ0v) is 16.2. The van der Waals surface area contributed by atoms with Crippen LogP contribution in [0, 0.1) is 5.92 Å². The molecular formula is C20H19NO3S2. The smallest absolute Gasteiger partial charge is 0.315 e. The fourth-order valence-electron chi connectivity index (χ4n) is 4.03. The van der Waals surface area contributed by atoms with E-state index in [-0.39, 0.29) is 23.6 Å². The van der Waals surface area contributed by atoms with Gasteiger partial charge in [0.15, 0.2) is 5.78 Å². The van der Waals surface area contributed by atoms with E-state index in [0.717, 1.165) is 23.4 Å². The first-order chi connectivity index (χ1) is 12.6. The molecule has 0 bridgehead atoms. The van der Waals surface area contributed by atoms with Crippen LogP contribution in [0.3, 0.4) is 0 Å². The zero-order chi connectivity index (χ0) is 18.3. The first-order valence-corrected chi connectivity index (χ1v) is 10.4. The topological polar surface area (TPSA) is 55.7 Å². The molecule has 3 unspecified atom stereocenters. The van der Waals surface area contributed by atoms with Crippen LogP contribution in [-0.2, 0) is 14.3 Å². The number of aliphatic imine (C=N–C) groups is 1. The second kappa shape index (κ2) is 6.93. The van der Waals surface area contributed by atoms with Crippen LogP contribution in [0.15, 0.2) is 50.6 Å². The third kappa shape index (κ3) is 2.87. The molecule has 0 amide bonds. The number of ketones is 1. The molecular weight excluding hydrogens is 366 g/mol. The summed E-state index contributed by atoms with van der Waals surface area (Å²) in [5.41, 5.74) is 3.27. The SMILES string of the molecule is COC(=O)C1C(C)=NC2=C(C(=O)CC(c3cccs3)C2)C1c1ccsc1. The maximum atomic E-state index is 13.1. The maximum absolute atomic E-state index is 13.1. The van der Waals surface area contributed by atoms with Crippen molar-refractivity contribution >= 4 is 40.1 Å². The molecule has 0 radical (unpaired) electrons. The minimum Gasteiger partial charge on any atom is -0.468 e. The summed E-state index contributed by atoms with van der Waals surface area (Å²) in [6.45, 7) is 1.87. The summed E-state index contributed by atoms with van der Waals surface area (Å²) in [5, 5.41) is 6.04. The maximum Gasteiger partial charge on any atom is 0.315 e. The van der Waals surface area contributed by atoms with Crippen molar-refractivity contribution in [2.75, 3.05) is 7.11 Å². The van der Waals surface area contributed by atoms with E-state index in [1.807, 2.05) is 35.2 Å². The largest absolute Gasteiger partial charge is 0.468 e. The van der Waals surface area contributed by atoms with Gasteiger partial charge in [0, 0.05) is 40.1 Å². The third-order valence-corrected chi connectivity index (χ3v) is 6.93. The molecule has 4 nitrogen and oxygen atoms in total. The summed E-state index contributed by atoms with van der Waals surface area (Å²) in [6.07, 6.45) is 1.22. The van der Waals surface area contributed by atoms with Crippen LogP contribution in [0.2, 0.25) is 0 Å². The highest BCUT2D eigenvalue weighted by atomic mass is 32.1. The molecule has 0 fully saturated rings. The molecule has 4 rings (SSSR count). The number of thiophene rings is 2. The van der Waals surface area contributed by atoms with Gasteiger partial charge in [0.1, 0.15) is 5.92 Å². The van der Waals surface area contributed by atoms with Gasteiger partial charge < -0.3 is 4.74 Å². The minimum atomic E-state index is -0.532. The van der Waals surface area contributed by atoms with Gasteiger partial charge in [-0.3, -0.25) is 14.6 Å². The summed E-state index contributed by atoms with van der Waals surface area (Å²) >= 11 is 3.25. The second-order valence-electron chi connectivity index (χ2n) is 6.69. The number of ether oxygens (including phenoxy) is 1. The minimum absolute atomic E-state index is 0.103. The molecule has 0 saturated carbocycles. The molecule has 1 aliphatic carbocycles.